The lowest BCUT2D eigenvalue weighted by molar-refractivity contribution is 0.0387. The number of hydrogen-bond donors (Lipinski definition) is 0. The lowest BCUT2D eigenvalue weighted by Gasteiger charge is -2.34. The highest BCUT2D eigenvalue weighted by atomic mass is 79.9. The largest absolute Gasteiger partial charge is 0.472 e. The van der Waals surface area contributed by atoms with Crippen molar-refractivity contribution in [1.29, 1.82) is 0 Å². The molecule has 0 amide bonds. The summed E-state index contributed by atoms with van der Waals surface area (Å²) in [4.78, 5) is 11.0. The first-order chi connectivity index (χ1) is 11.1. The molecular formula is C17H20BrN3O2. The van der Waals surface area contributed by atoms with Gasteiger partial charge in [-0.2, -0.15) is 0 Å². The fraction of sp³-hybridized carbons (Fsp3) is 0.412. The Morgan fingerprint density at radius 3 is 2.83 bits per heavy atom. The van der Waals surface area contributed by atoms with Crippen LogP contribution in [0.25, 0.3) is 0 Å². The maximum absolute atomic E-state index is 5.96. The standard InChI is InChI=1S/C17H20BrN3O2/c1-12(2)23-17-16(19-7-8-20-17)21-9-10-22-15(11-21)13-5-3-4-6-14(13)18/h3-8,12,15H,9-11H2,1-2H3. The van der Waals surface area contributed by atoms with E-state index in [0.29, 0.717) is 12.5 Å². The summed E-state index contributed by atoms with van der Waals surface area (Å²) < 4.78 is 12.8. The maximum atomic E-state index is 5.96. The van der Waals surface area contributed by atoms with E-state index in [4.69, 9.17) is 9.47 Å². The summed E-state index contributed by atoms with van der Waals surface area (Å²) in [5.41, 5.74) is 1.15. The molecule has 2 aromatic rings. The molecule has 6 heteroatoms. The zero-order valence-corrected chi connectivity index (χ0v) is 14.9. The molecule has 1 aliphatic rings. The number of rotatable bonds is 4. The van der Waals surface area contributed by atoms with Crippen molar-refractivity contribution in [3.8, 4) is 5.88 Å². The average Bonchev–Trinajstić information content (AvgIpc) is 2.55. The molecule has 0 radical (unpaired) electrons. The average molecular weight is 378 g/mol. The van der Waals surface area contributed by atoms with Crippen LogP contribution in [0.5, 0.6) is 5.88 Å². The molecule has 1 atom stereocenters. The molecule has 23 heavy (non-hydrogen) atoms. The van der Waals surface area contributed by atoms with E-state index in [2.05, 4.69) is 36.9 Å². The monoisotopic (exact) mass is 377 g/mol. The van der Waals surface area contributed by atoms with Crippen molar-refractivity contribution in [1.82, 2.24) is 9.97 Å². The topological polar surface area (TPSA) is 47.5 Å². The Morgan fingerprint density at radius 2 is 2.04 bits per heavy atom. The van der Waals surface area contributed by atoms with E-state index in [9.17, 15) is 0 Å². The van der Waals surface area contributed by atoms with Gasteiger partial charge in [0.2, 0.25) is 0 Å². The molecule has 2 heterocycles. The summed E-state index contributed by atoms with van der Waals surface area (Å²) in [5.74, 6) is 1.36. The number of anilines is 1. The molecule has 0 aliphatic carbocycles. The van der Waals surface area contributed by atoms with Crippen molar-refractivity contribution < 1.29 is 9.47 Å². The highest BCUT2D eigenvalue weighted by Crippen LogP contribution is 2.32. The van der Waals surface area contributed by atoms with Gasteiger partial charge >= 0.3 is 0 Å². The summed E-state index contributed by atoms with van der Waals surface area (Å²) in [7, 11) is 0. The van der Waals surface area contributed by atoms with Crippen molar-refractivity contribution in [3.05, 3.63) is 46.7 Å². The Bertz CT molecular complexity index is 666. The molecule has 5 nitrogen and oxygen atoms in total. The van der Waals surface area contributed by atoms with Crippen molar-refractivity contribution >= 4 is 21.7 Å². The van der Waals surface area contributed by atoms with Crippen LogP contribution in [0.2, 0.25) is 0 Å². The van der Waals surface area contributed by atoms with Crippen LogP contribution in [0.4, 0.5) is 5.82 Å². The van der Waals surface area contributed by atoms with E-state index in [1.165, 1.54) is 0 Å². The zero-order chi connectivity index (χ0) is 16.2. The fourth-order valence-electron chi connectivity index (χ4n) is 2.61. The van der Waals surface area contributed by atoms with Crippen LogP contribution < -0.4 is 9.64 Å². The van der Waals surface area contributed by atoms with Crippen molar-refractivity contribution in [2.24, 2.45) is 0 Å². The summed E-state index contributed by atoms with van der Waals surface area (Å²) >= 11 is 3.60. The van der Waals surface area contributed by atoms with Crippen molar-refractivity contribution in [2.45, 2.75) is 26.1 Å². The Balaban J connectivity index is 1.83. The van der Waals surface area contributed by atoms with Crippen LogP contribution in [-0.2, 0) is 4.74 Å². The summed E-state index contributed by atoms with van der Waals surface area (Å²) in [6.07, 6.45) is 3.41. The third-order valence-corrected chi connectivity index (χ3v) is 4.33. The minimum absolute atomic E-state index is 0.00627. The predicted octanol–water partition coefficient (Wildman–Crippen LogP) is 3.60. The Labute approximate surface area is 144 Å². The van der Waals surface area contributed by atoms with Gasteiger partial charge in [-0.25, -0.2) is 9.97 Å². The summed E-state index contributed by atoms with van der Waals surface area (Å²) in [6, 6.07) is 8.15. The van der Waals surface area contributed by atoms with E-state index in [1.54, 1.807) is 12.4 Å². The minimum Gasteiger partial charge on any atom is -0.472 e. The van der Waals surface area contributed by atoms with Gasteiger partial charge in [0.15, 0.2) is 5.82 Å². The Hall–Kier alpha value is -1.66. The van der Waals surface area contributed by atoms with E-state index >= 15 is 0 Å². The molecule has 1 saturated heterocycles. The van der Waals surface area contributed by atoms with Gasteiger partial charge in [0.05, 0.1) is 19.3 Å². The van der Waals surface area contributed by atoms with Gasteiger partial charge in [-0.05, 0) is 25.5 Å². The Kier molecular flexibility index (Phi) is 5.13. The molecule has 1 aromatic heterocycles. The van der Waals surface area contributed by atoms with Crippen LogP contribution in [0, 0.1) is 0 Å². The zero-order valence-electron chi connectivity index (χ0n) is 13.3. The molecular weight excluding hydrogens is 358 g/mol. The van der Waals surface area contributed by atoms with Crippen molar-refractivity contribution in [3.63, 3.8) is 0 Å². The minimum atomic E-state index is -0.00627. The molecule has 0 saturated carbocycles. The highest BCUT2D eigenvalue weighted by Gasteiger charge is 2.26. The van der Waals surface area contributed by atoms with Crippen LogP contribution in [0.15, 0.2) is 41.1 Å². The van der Waals surface area contributed by atoms with Gasteiger partial charge < -0.3 is 14.4 Å². The van der Waals surface area contributed by atoms with Gasteiger partial charge in [-0.15, -0.1) is 0 Å². The second kappa shape index (κ2) is 7.27. The van der Waals surface area contributed by atoms with E-state index in [0.717, 1.165) is 28.9 Å². The van der Waals surface area contributed by atoms with Gasteiger partial charge in [0.1, 0.15) is 6.10 Å². The lowest BCUT2D eigenvalue weighted by Crippen LogP contribution is -2.39. The van der Waals surface area contributed by atoms with E-state index in [-0.39, 0.29) is 12.2 Å². The van der Waals surface area contributed by atoms with Crippen LogP contribution in [-0.4, -0.2) is 35.8 Å². The molecule has 1 fully saturated rings. The molecule has 0 spiro atoms. The first kappa shape index (κ1) is 16.2. The summed E-state index contributed by atoms with van der Waals surface area (Å²) in [5, 5.41) is 0. The number of nitrogens with zero attached hydrogens (tertiary/aromatic N) is 3. The number of hydrogen-bond acceptors (Lipinski definition) is 5. The number of halogens is 1. The van der Waals surface area contributed by atoms with Crippen LogP contribution in [0.3, 0.4) is 0 Å². The van der Waals surface area contributed by atoms with Crippen LogP contribution in [0.1, 0.15) is 25.5 Å². The molecule has 1 aliphatic heterocycles. The Morgan fingerprint density at radius 1 is 1.26 bits per heavy atom. The second-order valence-corrected chi connectivity index (χ2v) is 6.53. The molecule has 0 N–H and O–H groups in total. The predicted molar refractivity (Wildman–Crippen MR) is 92.8 cm³/mol. The quantitative estimate of drug-likeness (QED) is 0.814. The molecule has 1 unspecified atom stereocenters. The number of benzene rings is 1. The third-order valence-electron chi connectivity index (χ3n) is 3.61. The van der Waals surface area contributed by atoms with E-state index < -0.39 is 0 Å². The normalized spacial score (nSPS) is 18.3. The third kappa shape index (κ3) is 3.82. The molecule has 3 rings (SSSR count). The number of morpholine rings is 1. The van der Waals surface area contributed by atoms with Gasteiger partial charge in [-0.1, -0.05) is 34.1 Å². The smallest absolute Gasteiger partial charge is 0.257 e. The van der Waals surface area contributed by atoms with Crippen LogP contribution >= 0.6 is 15.9 Å². The SMILES string of the molecule is CC(C)Oc1nccnc1N1CCOC(c2ccccc2Br)C1. The highest BCUT2D eigenvalue weighted by molar-refractivity contribution is 9.10. The molecule has 1 aromatic carbocycles. The van der Waals surface area contributed by atoms with Gasteiger partial charge in [0, 0.05) is 23.4 Å². The van der Waals surface area contributed by atoms with Gasteiger partial charge in [0.25, 0.3) is 5.88 Å². The first-order valence-corrected chi connectivity index (χ1v) is 8.53. The van der Waals surface area contributed by atoms with Gasteiger partial charge in [-0.3, -0.25) is 0 Å². The fourth-order valence-corrected chi connectivity index (χ4v) is 3.15. The second-order valence-electron chi connectivity index (χ2n) is 5.68. The lowest BCUT2D eigenvalue weighted by atomic mass is 10.1. The molecule has 0 bridgehead atoms. The first-order valence-electron chi connectivity index (χ1n) is 7.74. The van der Waals surface area contributed by atoms with E-state index in [1.807, 2.05) is 32.0 Å². The summed E-state index contributed by atoms with van der Waals surface area (Å²) in [6.45, 7) is 6.11. The maximum Gasteiger partial charge on any atom is 0.257 e. The molecule has 122 valence electrons. The number of ether oxygens (including phenoxy) is 2. The van der Waals surface area contributed by atoms with Crippen molar-refractivity contribution in [2.75, 3.05) is 24.6 Å². The number of aromatic nitrogens is 2.